The molecule has 0 atom stereocenters. The molecule has 1 rings (SSSR count). The van der Waals surface area contributed by atoms with Crippen molar-refractivity contribution in [3.05, 3.63) is 47.7 Å². The lowest BCUT2D eigenvalue weighted by Crippen LogP contribution is -2.19. The number of allylic oxidation sites excluding steroid dienone is 6. The first-order valence-corrected chi connectivity index (χ1v) is 4.71. The van der Waals surface area contributed by atoms with E-state index < -0.39 is 0 Å². The predicted molar refractivity (Wildman–Crippen MR) is 58.6 cm³/mol. The molecule has 0 aromatic rings. The Morgan fingerprint density at radius 3 is 3.07 bits per heavy atom. The van der Waals surface area contributed by atoms with Crippen molar-refractivity contribution in [1.29, 1.82) is 0 Å². The summed E-state index contributed by atoms with van der Waals surface area (Å²) in [5.74, 6) is -0.0851. The van der Waals surface area contributed by atoms with Gasteiger partial charge in [0.1, 0.15) is 0 Å². The lowest BCUT2D eigenvalue weighted by atomic mass is 10.2. The van der Waals surface area contributed by atoms with Crippen LogP contribution in [0.15, 0.2) is 47.7 Å². The van der Waals surface area contributed by atoms with Gasteiger partial charge >= 0.3 is 0 Å². The van der Waals surface area contributed by atoms with Crippen LogP contribution in [-0.4, -0.2) is 5.91 Å². The van der Waals surface area contributed by atoms with Crippen LogP contribution in [0.1, 0.15) is 20.3 Å². The number of hydrogen-bond acceptors (Lipinski definition) is 1. The highest BCUT2D eigenvalue weighted by Gasteiger charge is 1.99. The highest BCUT2D eigenvalue weighted by atomic mass is 16.1. The van der Waals surface area contributed by atoms with Crippen LogP contribution in [-0.2, 0) is 4.79 Å². The van der Waals surface area contributed by atoms with Gasteiger partial charge in [-0.3, -0.25) is 4.79 Å². The van der Waals surface area contributed by atoms with Gasteiger partial charge in [-0.25, -0.2) is 0 Å². The molecule has 1 aliphatic carbocycles. The van der Waals surface area contributed by atoms with Crippen LogP contribution in [0.4, 0.5) is 0 Å². The Morgan fingerprint density at radius 2 is 2.36 bits per heavy atom. The van der Waals surface area contributed by atoms with Gasteiger partial charge in [-0.2, -0.15) is 0 Å². The molecule has 0 radical (unpaired) electrons. The van der Waals surface area contributed by atoms with Crippen molar-refractivity contribution in [2.75, 3.05) is 0 Å². The first-order chi connectivity index (χ1) is 6.72. The fraction of sp³-hybridized carbons (Fsp3) is 0.250. The molecule has 0 saturated carbocycles. The van der Waals surface area contributed by atoms with Gasteiger partial charge in [-0.05, 0) is 38.5 Å². The number of hydrogen-bond donors (Lipinski definition) is 1. The van der Waals surface area contributed by atoms with Gasteiger partial charge in [0.25, 0.3) is 0 Å². The van der Waals surface area contributed by atoms with Crippen LogP contribution in [0.2, 0.25) is 0 Å². The summed E-state index contributed by atoms with van der Waals surface area (Å²) in [6.07, 6.45) is 12.2. The van der Waals surface area contributed by atoms with E-state index in [1.807, 2.05) is 32.1 Å². The van der Waals surface area contributed by atoms with E-state index in [-0.39, 0.29) is 5.91 Å². The number of nitrogens with one attached hydrogen (secondary N) is 1. The van der Waals surface area contributed by atoms with Gasteiger partial charge in [0, 0.05) is 5.70 Å². The maximum Gasteiger partial charge on any atom is 0.248 e. The third-order valence-corrected chi connectivity index (χ3v) is 1.84. The zero-order valence-corrected chi connectivity index (χ0v) is 8.58. The van der Waals surface area contributed by atoms with Crippen LogP contribution < -0.4 is 5.32 Å². The van der Waals surface area contributed by atoms with Crippen LogP contribution in [0.3, 0.4) is 0 Å². The fourth-order valence-corrected chi connectivity index (χ4v) is 1.21. The zero-order valence-electron chi connectivity index (χ0n) is 8.58. The summed E-state index contributed by atoms with van der Waals surface area (Å²) in [6.45, 7) is 3.84. The van der Waals surface area contributed by atoms with Gasteiger partial charge in [0.2, 0.25) is 5.91 Å². The van der Waals surface area contributed by atoms with Crippen LogP contribution >= 0.6 is 0 Å². The van der Waals surface area contributed by atoms with Gasteiger partial charge in [0.15, 0.2) is 0 Å². The second-order valence-electron chi connectivity index (χ2n) is 3.18. The van der Waals surface area contributed by atoms with Crippen molar-refractivity contribution in [2.24, 2.45) is 0 Å². The molecule has 0 bridgehead atoms. The Bertz CT molecular complexity index is 332. The third kappa shape index (κ3) is 3.44. The van der Waals surface area contributed by atoms with Crippen LogP contribution in [0, 0.1) is 0 Å². The largest absolute Gasteiger partial charge is 0.323 e. The van der Waals surface area contributed by atoms with Crippen LogP contribution in [0.25, 0.3) is 0 Å². The monoisotopic (exact) mass is 189 g/mol. The molecule has 0 aromatic heterocycles. The normalized spacial score (nSPS) is 16.1. The standard InChI is InChI=1S/C12H15NO/c1-3-6-12(14)13-11-8-5-4-7-10(2)9-11/h3,5-9H,4H2,1-2H3,(H,13,14)/b6-3+. The fourth-order valence-electron chi connectivity index (χ4n) is 1.21. The molecule has 2 nitrogen and oxygen atoms in total. The minimum atomic E-state index is -0.0851. The molecule has 14 heavy (non-hydrogen) atoms. The molecule has 2 heteroatoms. The predicted octanol–water partition coefficient (Wildman–Crippen LogP) is 2.47. The zero-order chi connectivity index (χ0) is 10.4. The Morgan fingerprint density at radius 1 is 1.57 bits per heavy atom. The second kappa shape index (κ2) is 5.22. The van der Waals surface area contributed by atoms with Crippen molar-refractivity contribution < 1.29 is 4.79 Å². The number of amides is 1. The van der Waals surface area contributed by atoms with Crippen molar-refractivity contribution in [3.8, 4) is 0 Å². The highest BCUT2D eigenvalue weighted by molar-refractivity contribution is 5.89. The first-order valence-electron chi connectivity index (χ1n) is 4.71. The summed E-state index contributed by atoms with van der Waals surface area (Å²) in [5.41, 5.74) is 2.02. The molecule has 0 heterocycles. The average Bonchev–Trinajstić information content (AvgIpc) is 2.30. The minimum absolute atomic E-state index is 0.0851. The molecular weight excluding hydrogens is 174 g/mol. The molecule has 0 fully saturated rings. The van der Waals surface area contributed by atoms with E-state index in [1.165, 1.54) is 11.6 Å². The first kappa shape index (κ1) is 10.5. The number of rotatable bonds is 2. The van der Waals surface area contributed by atoms with Gasteiger partial charge in [0.05, 0.1) is 0 Å². The minimum Gasteiger partial charge on any atom is -0.323 e. The molecule has 1 N–H and O–H groups in total. The van der Waals surface area contributed by atoms with E-state index in [0.717, 1.165) is 12.1 Å². The maximum absolute atomic E-state index is 11.2. The maximum atomic E-state index is 11.2. The van der Waals surface area contributed by atoms with E-state index in [0.29, 0.717) is 0 Å². The Kier molecular flexibility index (Phi) is 3.92. The number of carbonyl (C=O) groups excluding carboxylic acids is 1. The Balaban J connectivity index is 2.68. The van der Waals surface area contributed by atoms with Crippen LogP contribution in [0.5, 0.6) is 0 Å². The summed E-state index contributed by atoms with van der Waals surface area (Å²) in [4.78, 5) is 11.2. The molecule has 1 aliphatic rings. The number of carbonyl (C=O) groups is 1. The molecule has 1 amide bonds. The summed E-state index contributed by atoms with van der Waals surface area (Å²) in [5, 5.41) is 2.80. The summed E-state index contributed by atoms with van der Waals surface area (Å²) < 4.78 is 0. The molecule has 0 aromatic carbocycles. The van der Waals surface area contributed by atoms with Gasteiger partial charge in [-0.15, -0.1) is 0 Å². The van der Waals surface area contributed by atoms with Crippen molar-refractivity contribution in [2.45, 2.75) is 20.3 Å². The van der Waals surface area contributed by atoms with Gasteiger partial charge < -0.3 is 5.32 Å². The van der Waals surface area contributed by atoms with E-state index in [4.69, 9.17) is 0 Å². The smallest absolute Gasteiger partial charge is 0.248 e. The highest BCUT2D eigenvalue weighted by Crippen LogP contribution is 2.08. The topological polar surface area (TPSA) is 29.1 Å². The summed E-state index contributed by atoms with van der Waals surface area (Å²) >= 11 is 0. The SMILES string of the molecule is C/C=C/C(=O)NC1=CC(C)=CCC=C1. The quantitative estimate of drug-likeness (QED) is 0.664. The second-order valence-corrected chi connectivity index (χ2v) is 3.18. The summed E-state index contributed by atoms with van der Waals surface area (Å²) in [7, 11) is 0. The van der Waals surface area contributed by atoms with Gasteiger partial charge in [-0.1, -0.05) is 23.8 Å². The van der Waals surface area contributed by atoms with Crippen molar-refractivity contribution in [1.82, 2.24) is 5.32 Å². The average molecular weight is 189 g/mol. The van der Waals surface area contributed by atoms with E-state index in [2.05, 4.69) is 11.4 Å². The molecule has 0 spiro atoms. The lowest BCUT2D eigenvalue weighted by molar-refractivity contribution is -0.115. The third-order valence-electron chi connectivity index (χ3n) is 1.84. The van der Waals surface area contributed by atoms with E-state index >= 15 is 0 Å². The molecule has 74 valence electrons. The Labute approximate surface area is 84.7 Å². The molecule has 0 aliphatic heterocycles. The van der Waals surface area contributed by atoms with Crippen molar-refractivity contribution in [3.63, 3.8) is 0 Å². The van der Waals surface area contributed by atoms with E-state index in [1.54, 1.807) is 6.08 Å². The molecular formula is C12H15NO. The van der Waals surface area contributed by atoms with E-state index in [9.17, 15) is 4.79 Å². The Hall–Kier alpha value is -1.57. The molecule has 0 unspecified atom stereocenters. The van der Waals surface area contributed by atoms with Crippen molar-refractivity contribution >= 4 is 5.91 Å². The molecule has 0 saturated heterocycles. The lowest BCUT2D eigenvalue weighted by Gasteiger charge is -2.01. The summed E-state index contributed by atoms with van der Waals surface area (Å²) in [6, 6.07) is 0.